The van der Waals surface area contributed by atoms with E-state index >= 15 is 0 Å². The number of ether oxygens (including phenoxy) is 2. The van der Waals surface area contributed by atoms with Gasteiger partial charge in [0.2, 0.25) is 0 Å². The monoisotopic (exact) mass is 507 g/mol. The summed E-state index contributed by atoms with van der Waals surface area (Å²) < 4.78 is 11.6. The second kappa shape index (κ2) is 13.3. The third-order valence-electron chi connectivity index (χ3n) is 5.27. The van der Waals surface area contributed by atoms with Crippen LogP contribution in [0.3, 0.4) is 0 Å². The summed E-state index contributed by atoms with van der Waals surface area (Å²) in [5.74, 6) is 0.265. The van der Waals surface area contributed by atoms with Gasteiger partial charge in [-0.25, -0.2) is 5.43 Å². The molecule has 3 rings (SSSR count). The van der Waals surface area contributed by atoms with Gasteiger partial charge in [-0.2, -0.15) is 5.10 Å². The second-order valence-electron chi connectivity index (χ2n) is 8.31. The standard InChI is InChI=1S/C28H30ClN3O4/c1-4-35-25-16-20(14-15-24(25)36-18-22-12-8-9-13-23(22)29)17-30-32-28(34)26(19(2)3)31-27(33)21-10-6-5-7-11-21/h5-17,19,26H,4,18H2,1-3H3,(H,31,33)(H,32,34)/b30-17+. The number of hydrazone groups is 1. The number of carbonyl (C=O) groups is 2. The van der Waals surface area contributed by atoms with Crippen LogP contribution in [-0.2, 0) is 11.4 Å². The molecule has 2 N–H and O–H groups in total. The number of hydrogen-bond acceptors (Lipinski definition) is 5. The highest BCUT2D eigenvalue weighted by Gasteiger charge is 2.24. The molecule has 0 radical (unpaired) electrons. The van der Waals surface area contributed by atoms with Crippen LogP contribution >= 0.6 is 11.6 Å². The first-order valence-corrected chi connectivity index (χ1v) is 12.1. The van der Waals surface area contributed by atoms with Crippen molar-refractivity contribution in [1.82, 2.24) is 10.7 Å². The molecule has 7 nitrogen and oxygen atoms in total. The Morgan fingerprint density at radius 1 is 0.972 bits per heavy atom. The van der Waals surface area contributed by atoms with Gasteiger partial charge in [0.1, 0.15) is 12.6 Å². The van der Waals surface area contributed by atoms with E-state index in [1.165, 1.54) is 6.21 Å². The highest BCUT2D eigenvalue weighted by Crippen LogP contribution is 2.29. The van der Waals surface area contributed by atoms with Crippen molar-refractivity contribution in [3.05, 3.63) is 94.5 Å². The zero-order chi connectivity index (χ0) is 25.9. The first kappa shape index (κ1) is 26.8. The molecule has 0 aromatic heterocycles. The number of rotatable bonds is 11. The van der Waals surface area contributed by atoms with Crippen molar-refractivity contribution in [2.75, 3.05) is 6.61 Å². The van der Waals surface area contributed by atoms with E-state index in [2.05, 4.69) is 15.8 Å². The number of nitrogens with one attached hydrogen (secondary N) is 2. The maximum absolute atomic E-state index is 12.7. The lowest BCUT2D eigenvalue weighted by atomic mass is 10.0. The Morgan fingerprint density at radius 2 is 1.69 bits per heavy atom. The number of carbonyl (C=O) groups excluding carboxylic acids is 2. The Hall–Kier alpha value is -3.84. The van der Waals surface area contributed by atoms with Crippen LogP contribution in [0.4, 0.5) is 0 Å². The van der Waals surface area contributed by atoms with E-state index in [4.69, 9.17) is 21.1 Å². The number of amides is 2. The summed E-state index contributed by atoms with van der Waals surface area (Å²) in [6.45, 7) is 6.35. The van der Waals surface area contributed by atoms with Crippen LogP contribution < -0.4 is 20.2 Å². The molecular weight excluding hydrogens is 478 g/mol. The maximum atomic E-state index is 12.7. The van der Waals surface area contributed by atoms with Crippen LogP contribution in [0.25, 0.3) is 0 Å². The molecule has 0 aliphatic carbocycles. The predicted octanol–water partition coefficient (Wildman–Crippen LogP) is 5.22. The summed E-state index contributed by atoms with van der Waals surface area (Å²) in [5.41, 5.74) is 4.58. The number of benzene rings is 3. The molecule has 2 amide bonds. The van der Waals surface area contributed by atoms with E-state index in [9.17, 15) is 9.59 Å². The quantitative estimate of drug-likeness (QED) is 0.275. The number of halogens is 1. The Labute approximate surface area is 216 Å². The first-order chi connectivity index (χ1) is 17.4. The van der Waals surface area contributed by atoms with Crippen LogP contribution in [0.15, 0.2) is 77.9 Å². The maximum Gasteiger partial charge on any atom is 0.262 e. The van der Waals surface area contributed by atoms with Gasteiger partial charge in [0.25, 0.3) is 11.8 Å². The van der Waals surface area contributed by atoms with Gasteiger partial charge in [-0.1, -0.05) is 61.8 Å². The molecule has 0 aliphatic heterocycles. The molecule has 3 aromatic carbocycles. The zero-order valence-corrected chi connectivity index (χ0v) is 21.3. The first-order valence-electron chi connectivity index (χ1n) is 11.7. The normalized spacial score (nSPS) is 11.8. The van der Waals surface area contributed by atoms with Crippen LogP contribution in [0.2, 0.25) is 5.02 Å². The summed E-state index contributed by atoms with van der Waals surface area (Å²) in [7, 11) is 0. The lowest BCUT2D eigenvalue weighted by Gasteiger charge is -2.20. The van der Waals surface area contributed by atoms with Crippen molar-refractivity contribution < 1.29 is 19.1 Å². The van der Waals surface area contributed by atoms with Crippen molar-refractivity contribution in [1.29, 1.82) is 0 Å². The summed E-state index contributed by atoms with van der Waals surface area (Å²) >= 11 is 6.21. The topological polar surface area (TPSA) is 89.0 Å². The van der Waals surface area contributed by atoms with Crippen LogP contribution in [0.5, 0.6) is 11.5 Å². The summed E-state index contributed by atoms with van der Waals surface area (Å²) in [6, 6.07) is 20.9. The molecule has 3 aromatic rings. The van der Waals surface area contributed by atoms with E-state index < -0.39 is 11.9 Å². The summed E-state index contributed by atoms with van der Waals surface area (Å²) in [6.07, 6.45) is 1.51. The van der Waals surface area contributed by atoms with Gasteiger partial charge in [-0.3, -0.25) is 9.59 Å². The molecule has 0 spiro atoms. The van der Waals surface area contributed by atoms with Crippen molar-refractivity contribution >= 4 is 29.6 Å². The predicted molar refractivity (Wildman–Crippen MR) is 142 cm³/mol. The average Bonchev–Trinajstić information content (AvgIpc) is 2.88. The minimum absolute atomic E-state index is 0.132. The Kier molecular flexibility index (Phi) is 9.89. The third kappa shape index (κ3) is 7.58. The fraction of sp³-hybridized carbons (Fsp3) is 0.250. The van der Waals surface area contributed by atoms with Gasteiger partial charge in [0.15, 0.2) is 11.5 Å². The van der Waals surface area contributed by atoms with Crippen molar-refractivity contribution in [2.45, 2.75) is 33.4 Å². The second-order valence-corrected chi connectivity index (χ2v) is 8.72. The molecule has 36 heavy (non-hydrogen) atoms. The van der Waals surface area contributed by atoms with Crippen molar-refractivity contribution in [3.63, 3.8) is 0 Å². The van der Waals surface area contributed by atoms with E-state index in [0.717, 1.165) is 5.56 Å². The summed E-state index contributed by atoms with van der Waals surface area (Å²) in [4.78, 5) is 25.2. The third-order valence-corrected chi connectivity index (χ3v) is 5.64. The smallest absolute Gasteiger partial charge is 0.262 e. The average molecular weight is 508 g/mol. The molecule has 0 bridgehead atoms. The van der Waals surface area contributed by atoms with E-state index in [1.54, 1.807) is 42.5 Å². The van der Waals surface area contributed by atoms with Gasteiger partial charge in [-0.15, -0.1) is 0 Å². The highest BCUT2D eigenvalue weighted by molar-refractivity contribution is 6.31. The summed E-state index contributed by atoms with van der Waals surface area (Å²) in [5, 5.41) is 7.48. The zero-order valence-electron chi connectivity index (χ0n) is 20.5. The molecule has 0 saturated heterocycles. The highest BCUT2D eigenvalue weighted by atomic mass is 35.5. The van der Waals surface area contributed by atoms with Gasteiger partial charge in [0.05, 0.1) is 12.8 Å². The molecule has 1 atom stereocenters. The fourth-order valence-corrected chi connectivity index (χ4v) is 3.54. The lowest BCUT2D eigenvalue weighted by molar-refractivity contribution is -0.123. The molecule has 0 saturated carbocycles. The van der Waals surface area contributed by atoms with Crippen molar-refractivity contribution in [2.24, 2.45) is 11.0 Å². The minimum atomic E-state index is -0.741. The van der Waals surface area contributed by atoms with Crippen molar-refractivity contribution in [3.8, 4) is 11.5 Å². The molecule has 0 fully saturated rings. The fourth-order valence-electron chi connectivity index (χ4n) is 3.35. The van der Waals surface area contributed by atoms with Gasteiger partial charge in [0, 0.05) is 16.1 Å². The molecule has 188 valence electrons. The van der Waals surface area contributed by atoms with Crippen LogP contribution in [-0.4, -0.2) is 30.7 Å². The van der Waals surface area contributed by atoms with Gasteiger partial charge in [-0.05, 0) is 54.8 Å². The van der Waals surface area contributed by atoms with Gasteiger partial charge < -0.3 is 14.8 Å². The number of hydrogen-bond donors (Lipinski definition) is 2. The Bertz CT molecular complexity index is 1200. The van der Waals surface area contributed by atoms with Crippen LogP contribution in [0.1, 0.15) is 42.3 Å². The lowest BCUT2D eigenvalue weighted by Crippen LogP contribution is -2.48. The Balaban J connectivity index is 1.64. The molecule has 0 heterocycles. The van der Waals surface area contributed by atoms with E-state index in [1.807, 2.05) is 51.1 Å². The largest absolute Gasteiger partial charge is 0.490 e. The van der Waals surface area contributed by atoms with E-state index in [-0.39, 0.29) is 11.8 Å². The SMILES string of the molecule is CCOc1cc(/C=N/NC(=O)C(NC(=O)c2ccccc2)C(C)C)ccc1OCc1ccccc1Cl. The Morgan fingerprint density at radius 3 is 2.39 bits per heavy atom. The molecular formula is C28H30ClN3O4. The molecule has 1 unspecified atom stereocenters. The minimum Gasteiger partial charge on any atom is -0.490 e. The molecule has 0 aliphatic rings. The van der Waals surface area contributed by atoms with E-state index in [0.29, 0.717) is 40.9 Å². The van der Waals surface area contributed by atoms with Gasteiger partial charge >= 0.3 is 0 Å². The number of nitrogens with zero attached hydrogens (tertiary/aromatic N) is 1. The van der Waals surface area contributed by atoms with Crippen LogP contribution in [0, 0.1) is 5.92 Å². The molecule has 8 heteroatoms.